The van der Waals surface area contributed by atoms with Gasteiger partial charge in [0.2, 0.25) is 0 Å². The lowest BCUT2D eigenvalue weighted by atomic mass is 10.2. The lowest BCUT2D eigenvalue weighted by Gasteiger charge is -2.23. The summed E-state index contributed by atoms with van der Waals surface area (Å²) in [5.74, 6) is 0.599. The van der Waals surface area contributed by atoms with E-state index in [4.69, 9.17) is 9.84 Å². The zero-order valence-corrected chi connectivity index (χ0v) is 12.6. The number of carboxylic acid groups (broad SMARTS) is 1. The van der Waals surface area contributed by atoms with Crippen LogP contribution in [0.1, 0.15) is 33.6 Å². The summed E-state index contributed by atoms with van der Waals surface area (Å²) >= 11 is 0. The van der Waals surface area contributed by atoms with Gasteiger partial charge in [-0.3, -0.25) is 4.79 Å². The molecule has 1 aromatic rings. The maximum Gasteiger partial charge on any atom is 0.305 e. The average Bonchev–Trinajstić information content (AvgIpc) is 2.41. The molecule has 0 bridgehead atoms. The Hall–Kier alpha value is -1.71. The van der Waals surface area contributed by atoms with Crippen LogP contribution in [0.25, 0.3) is 0 Å². The molecule has 0 amide bonds. The van der Waals surface area contributed by atoms with Crippen LogP contribution in [0.2, 0.25) is 0 Å². The van der Waals surface area contributed by atoms with E-state index >= 15 is 0 Å². The van der Waals surface area contributed by atoms with Crippen LogP contribution in [-0.2, 0) is 4.79 Å². The summed E-state index contributed by atoms with van der Waals surface area (Å²) in [4.78, 5) is 12.8. The van der Waals surface area contributed by atoms with Gasteiger partial charge in [-0.25, -0.2) is 0 Å². The Morgan fingerprint density at radius 1 is 1.25 bits per heavy atom. The van der Waals surface area contributed by atoms with E-state index in [2.05, 4.69) is 25.7 Å². The maximum absolute atomic E-state index is 10.7. The van der Waals surface area contributed by atoms with Gasteiger partial charge in [0, 0.05) is 18.8 Å². The zero-order valence-electron chi connectivity index (χ0n) is 12.6. The Kier molecular flexibility index (Phi) is 6.91. The van der Waals surface area contributed by atoms with Crippen molar-refractivity contribution in [1.29, 1.82) is 0 Å². The Morgan fingerprint density at radius 3 is 2.40 bits per heavy atom. The molecule has 1 N–H and O–H groups in total. The molecule has 0 radical (unpaired) electrons. The Balaban J connectivity index is 2.64. The first-order valence-corrected chi connectivity index (χ1v) is 7.22. The second-order valence-electron chi connectivity index (χ2n) is 5.33. The number of anilines is 1. The molecule has 0 fully saturated rings. The van der Waals surface area contributed by atoms with Crippen LogP contribution in [0.5, 0.6) is 5.75 Å². The van der Waals surface area contributed by atoms with Crippen molar-refractivity contribution in [3.05, 3.63) is 24.3 Å². The van der Waals surface area contributed by atoms with Crippen molar-refractivity contribution in [2.75, 3.05) is 24.6 Å². The van der Waals surface area contributed by atoms with E-state index in [1.807, 2.05) is 24.3 Å². The van der Waals surface area contributed by atoms with E-state index in [9.17, 15) is 4.79 Å². The highest BCUT2D eigenvalue weighted by molar-refractivity contribution is 5.67. The largest absolute Gasteiger partial charge is 0.493 e. The number of aliphatic carboxylic acids is 1. The Bertz CT molecular complexity index is 401. The first-order valence-electron chi connectivity index (χ1n) is 7.22. The van der Waals surface area contributed by atoms with Gasteiger partial charge in [0.15, 0.2) is 0 Å². The summed E-state index contributed by atoms with van der Waals surface area (Å²) < 4.78 is 5.65. The number of hydrogen-bond acceptors (Lipinski definition) is 3. The minimum Gasteiger partial charge on any atom is -0.493 e. The highest BCUT2D eigenvalue weighted by atomic mass is 16.5. The lowest BCUT2D eigenvalue weighted by molar-refractivity contribution is -0.136. The van der Waals surface area contributed by atoms with Gasteiger partial charge in [-0.1, -0.05) is 20.8 Å². The third-order valence-electron chi connectivity index (χ3n) is 2.87. The summed E-state index contributed by atoms with van der Waals surface area (Å²) in [5, 5.41) is 8.80. The molecule has 0 aliphatic heterocycles. The molecule has 0 heterocycles. The predicted octanol–water partition coefficient (Wildman–Crippen LogP) is 3.41. The van der Waals surface area contributed by atoms with Gasteiger partial charge in [0.25, 0.3) is 0 Å². The van der Waals surface area contributed by atoms with Gasteiger partial charge in [0.1, 0.15) is 5.75 Å². The minimum atomic E-state index is -0.761. The fourth-order valence-electron chi connectivity index (χ4n) is 1.89. The van der Waals surface area contributed by atoms with Crippen LogP contribution in [0.4, 0.5) is 5.69 Å². The van der Waals surface area contributed by atoms with Gasteiger partial charge < -0.3 is 14.7 Å². The fraction of sp³-hybridized carbons (Fsp3) is 0.562. The number of ether oxygens (including phenoxy) is 1. The molecule has 4 nitrogen and oxygen atoms in total. The number of carboxylic acids is 1. The second kappa shape index (κ2) is 8.46. The number of hydrogen-bond donors (Lipinski definition) is 1. The molecule has 0 unspecified atom stereocenters. The van der Waals surface area contributed by atoms with Crippen LogP contribution in [0.15, 0.2) is 24.3 Å². The topological polar surface area (TPSA) is 49.8 Å². The number of nitrogens with zero attached hydrogens (tertiary/aromatic N) is 1. The molecule has 0 atom stereocenters. The molecule has 1 aromatic carbocycles. The zero-order chi connectivity index (χ0) is 15.0. The molecule has 0 aliphatic carbocycles. The normalized spacial score (nSPS) is 10.6. The summed E-state index contributed by atoms with van der Waals surface area (Å²) in [6.45, 7) is 8.42. The van der Waals surface area contributed by atoms with Gasteiger partial charge >= 0.3 is 5.97 Å². The standard InChI is InChI=1S/C16H25NO3/c1-4-10-17(11-9-16(18)19)14-5-7-15(8-6-14)20-12-13(2)3/h5-8,13H,4,9-12H2,1-3H3,(H,18,19). The molecular formula is C16H25NO3. The molecule has 1 rings (SSSR count). The highest BCUT2D eigenvalue weighted by Crippen LogP contribution is 2.20. The fourth-order valence-corrected chi connectivity index (χ4v) is 1.89. The summed E-state index contributed by atoms with van der Waals surface area (Å²) in [6.07, 6.45) is 1.15. The van der Waals surface area contributed by atoms with Gasteiger partial charge in [-0.2, -0.15) is 0 Å². The SMILES string of the molecule is CCCN(CCC(=O)O)c1ccc(OCC(C)C)cc1. The monoisotopic (exact) mass is 279 g/mol. The van der Waals surface area contributed by atoms with Crippen molar-refractivity contribution in [2.45, 2.75) is 33.6 Å². The first-order chi connectivity index (χ1) is 9.52. The minimum absolute atomic E-state index is 0.158. The van der Waals surface area contributed by atoms with Crippen molar-refractivity contribution in [3.63, 3.8) is 0 Å². The number of rotatable bonds is 9. The quantitative estimate of drug-likeness (QED) is 0.752. The second-order valence-corrected chi connectivity index (χ2v) is 5.33. The average molecular weight is 279 g/mol. The third kappa shape index (κ3) is 5.95. The van der Waals surface area contributed by atoms with E-state index in [0.717, 1.165) is 24.4 Å². The summed E-state index contributed by atoms with van der Waals surface area (Å²) in [7, 11) is 0. The third-order valence-corrected chi connectivity index (χ3v) is 2.87. The van der Waals surface area contributed by atoms with Crippen molar-refractivity contribution in [1.82, 2.24) is 0 Å². The van der Waals surface area contributed by atoms with Gasteiger partial charge in [-0.05, 0) is 36.6 Å². The lowest BCUT2D eigenvalue weighted by Crippen LogP contribution is -2.26. The van der Waals surface area contributed by atoms with Gasteiger partial charge in [0.05, 0.1) is 13.0 Å². The van der Waals surface area contributed by atoms with Crippen LogP contribution >= 0.6 is 0 Å². The molecule has 0 aliphatic rings. The molecule has 0 aromatic heterocycles. The number of benzene rings is 1. The van der Waals surface area contributed by atoms with E-state index < -0.39 is 5.97 Å². The van der Waals surface area contributed by atoms with Crippen LogP contribution in [0, 0.1) is 5.92 Å². The van der Waals surface area contributed by atoms with Crippen LogP contribution < -0.4 is 9.64 Å². The smallest absolute Gasteiger partial charge is 0.305 e. The molecular weight excluding hydrogens is 254 g/mol. The van der Waals surface area contributed by atoms with Crippen LogP contribution in [0.3, 0.4) is 0 Å². The van der Waals surface area contributed by atoms with Crippen molar-refractivity contribution >= 4 is 11.7 Å². The molecule has 112 valence electrons. The van der Waals surface area contributed by atoms with E-state index in [1.165, 1.54) is 0 Å². The molecule has 4 heteroatoms. The van der Waals surface area contributed by atoms with E-state index in [-0.39, 0.29) is 6.42 Å². The first kappa shape index (κ1) is 16.3. The van der Waals surface area contributed by atoms with Crippen molar-refractivity contribution < 1.29 is 14.6 Å². The highest BCUT2D eigenvalue weighted by Gasteiger charge is 2.08. The van der Waals surface area contributed by atoms with Crippen molar-refractivity contribution in [3.8, 4) is 5.75 Å². The Morgan fingerprint density at radius 2 is 1.90 bits per heavy atom. The van der Waals surface area contributed by atoms with Gasteiger partial charge in [-0.15, -0.1) is 0 Å². The molecule has 0 saturated heterocycles. The van der Waals surface area contributed by atoms with Crippen LogP contribution in [-0.4, -0.2) is 30.8 Å². The molecule has 20 heavy (non-hydrogen) atoms. The maximum atomic E-state index is 10.7. The molecule has 0 saturated carbocycles. The summed E-state index contributed by atoms with van der Waals surface area (Å²) in [5.41, 5.74) is 1.05. The van der Waals surface area contributed by atoms with Crippen molar-refractivity contribution in [2.24, 2.45) is 5.92 Å². The predicted molar refractivity (Wildman–Crippen MR) is 81.5 cm³/mol. The Labute approximate surface area is 121 Å². The van der Waals surface area contributed by atoms with E-state index in [1.54, 1.807) is 0 Å². The van der Waals surface area contributed by atoms with E-state index in [0.29, 0.717) is 19.1 Å². The summed E-state index contributed by atoms with van der Waals surface area (Å²) in [6, 6.07) is 7.88. The molecule has 0 spiro atoms. The number of carbonyl (C=O) groups is 1.